The third-order valence-electron chi connectivity index (χ3n) is 4.87. The molecular weight excluding hydrogens is 461 g/mol. The molecule has 1 aliphatic heterocycles. The van der Waals surface area contributed by atoms with Crippen molar-refractivity contribution in [2.45, 2.75) is 43.9 Å². The highest BCUT2D eigenvalue weighted by Gasteiger charge is 2.32. The fraction of sp³-hybridized carbons (Fsp3) is 0.778. The number of rotatable bonds is 6. The molecule has 0 spiro atoms. The maximum atomic E-state index is 5.53. The van der Waals surface area contributed by atoms with Gasteiger partial charge in [-0.2, -0.15) is 16.9 Å². The Balaban J connectivity index is 0.00000338. The Bertz CT molecular complexity index is 584. The van der Waals surface area contributed by atoms with Crippen LogP contribution in [0, 0.1) is 0 Å². The summed E-state index contributed by atoms with van der Waals surface area (Å²) in [5.41, 5.74) is 2.42. The zero-order valence-electron chi connectivity index (χ0n) is 16.9. The van der Waals surface area contributed by atoms with E-state index >= 15 is 0 Å². The van der Waals surface area contributed by atoms with Gasteiger partial charge in [-0.1, -0.05) is 13.8 Å². The summed E-state index contributed by atoms with van der Waals surface area (Å²) in [4.78, 5) is 6.66. The quantitative estimate of drug-likeness (QED) is 0.374. The van der Waals surface area contributed by atoms with Crippen molar-refractivity contribution >= 4 is 41.7 Å². The van der Waals surface area contributed by atoms with Gasteiger partial charge in [0.2, 0.25) is 0 Å². The average Bonchev–Trinajstić information content (AvgIpc) is 2.97. The number of nitrogens with one attached hydrogen (secondary N) is 1. The first-order valence-electron chi connectivity index (χ1n) is 8.98. The van der Waals surface area contributed by atoms with Crippen LogP contribution in [0.1, 0.15) is 43.9 Å². The van der Waals surface area contributed by atoms with E-state index in [9.17, 15) is 0 Å². The van der Waals surface area contributed by atoms with Gasteiger partial charge in [0.15, 0.2) is 5.96 Å². The molecule has 1 aliphatic rings. The SMILES string of the molecule is CN=C(NCC1(SC)CCOCC1)N(C)Cc1cn(C)nc1C(C)C.I. The standard InChI is InChI=1S/C18H33N5OS.HI/c1-14(2)16-15(12-23(5)21-16)11-22(4)17(19-3)20-13-18(25-6)7-9-24-10-8-18;/h12,14H,7-11,13H2,1-6H3,(H,19,20);1H. The summed E-state index contributed by atoms with van der Waals surface area (Å²) in [5, 5.41) is 8.18. The Morgan fingerprint density at radius 3 is 2.65 bits per heavy atom. The summed E-state index contributed by atoms with van der Waals surface area (Å²) in [6.07, 6.45) is 6.48. The molecule has 2 heterocycles. The van der Waals surface area contributed by atoms with Crippen molar-refractivity contribution in [3.8, 4) is 0 Å². The van der Waals surface area contributed by atoms with Crippen LogP contribution in [0.2, 0.25) is 0 Å². The number of aliphatic imine (C=N–C) groups is 1. The van der Waals surface area contributed by atoms with Crippen molar-refractivity contribution in [2.75, 3.05) is 40.1 Å². The molecule has 0 atom stereocenters. The normalized spacial score (nSPS) is 17.1. The minimum absolute atomic E-state index is 0. The van der Waals surface area contributed by atoms with Crippen molar-refractivity contribution in [2.24, 2.45) is 12.0 Å². The molecule has 150 valence electrons. The molecule has 0 aliphatic carbocycles. The first-order chi connectivity index (χ1) is 11.9. The molecule has 0 amide bonds. The van der Waals surface area contributed by atoms with Crippen molar-refractivity contribution < 1.29 is 4.74 Å². The molecule has 1 N–H and O–H groups in total. The van der Waals surface area contributed by atoms with Gasteiger partial charge in [0, 0.05) is 64.0 Å². The van der Waals surface area contributed by atoms with E-state index in [4.69, 9.17) is 4.74 Å². The van der Waals surface area contributed by atoms with Crippen molar-refractivity contribution in [1.29, 1.82) is 0 Å². The van der Waals surface area contributed by atoms with E-state index in [1.807, 2.05) is 30.5 Å². The minimum atomic E-state index is 0. The molecule has 0 saturated carbocycles. The summed E-state index contributed by atoms with van der Waals surface area (Å²) in [7, 11) is 5.92. The minimum Gasteiger partial charge on any atom is -0.381 e. The first-order valence-corrected chi connectivity index (χ1v) is 10.2. The van der Waals surface area contributed by atoms with Crippen molar-refractivity contribution in [3.05, 3.63) is 17.5 Å². The van der Waals surface area contributed by atoms with Crippen molar-refractivity contribution in [3.63, 3.8) is 0 Å². The number of halogens is 1. The van der Waals surface area contributed by atoms with E-state index in [0.717, 1.165) is 50.8 Å². The van der Waals surface area contributed by atoms with Gasteiger partial charge in [0.05, 0.1) is 5.69 Å². The summed E-state index contributed by atoms with van der Waals surface area (Å²) in [6.45, 7) is 7.79. The molecule has 1 aromatic rings. The Morgan fingerprint density at radius 1 is 1.46 bits per heavy atom. The molecule has 26 heavy (non-hydrogen) atoms. The average molecular weight is 495 g/mol. The third kappa shape index (κ3) is 6.02. The van der Waals surface area contributed by atoms with E-state index in [2.05, 4.69) is 53.7 Å². The zero-order chi connectivity index (χ0) is 18.4. The van der Waals surface area contributed by atoms with Gasteiger partial charge in [-0.05, 0) is 25.0 Å². The lowest BCUT2D eigenvalue weighted by Crippen LogP contribution is -2.48. The lowest BCUT2D eigenvalue weighted by Gasteiger charge is -2.37. The smallest absolute Gasteiger partial charge is 0.193 e. The van der Waals surface area contributed by atoms with Crippen LogP contribution in [0.15, 0.2) is 11.2 Å². The number of hydrogen-bond acceptors (Lipinski definition) is 4. The van der Waals surface area contributed by atoms with Crippen LogP contribution in [0.4, 0.5) is 0 Å². The van der Waals surface area contributed by atoms with E-state index < -0.39 is 0 Å². The summed E-state index contributed by atoms with van der Waals surface area (Å²) < 4.78 is 7.68. The summed E-state index contributed by atoms with van der Waals surface area (Å²) in [6, 6.07) is 0. The zero-order valence-corrected chi connectivity index (χ0v) is 20.1. The summed E-state index contributed by atoms with van der Waals surface area (Å²) in [5.74, 6) is 1.35. The Labute approximate surface area is 179 Å². The second kappa shape index (κ2) is 10.8. The lowest BCUT2D eigenvalue weighted by molar-refractivity contribution is 0.0781. The van der Waals surface area contributed by atoms with Crippen LogP contribution in [0.3, 0.4) is 0 Å². The maximum absolute atomic E-state index is 5.53. The van der Waals surface area contributed by atoms with Gasteiger partial charge in [0.25, 0.3) is 0 Å². The highest BCUT2D eigenvalue weighted by atomic mass is 127. The van der Waals surface area contributed by atoms with Crippen molar-refractivity contribution in [1.82, 2.24) is 20.0 Å². The van der Waals surface area contributed by atoms with Crippen LogP contribution >= 0.6 is 35.7 Å². The molecule has 1 aromatic heterocycles. The molecule has 0 bridgehead atoms. The van der Waals surface area contributed by atoms with E-state index in [-0.39, 0.29) is 28.7 Å². The number of aryl methyl sites for hydroxylation is 1. The number of ether oxygens (including phenoxy) is 1. The molecule has 1 fully saturated rings. The number of guanidine groups is 1. The van der Waals surface area contributed by atoms with Gasteiger partial charge in [0.1, 0.15) is 0 Å². The molecular formula is C18H34IN5OS. The Kier molecular flexibility index (Phi) is 9.74. The largest absolute Gasteiger partial charge is 0.381 e. The maximum Gasteiger partial charge on any atom is 0.193 e. The second-order valence-corrected chi connectivity index (χ2v) is 8.40. The third-order valence-corrected chi connectivity index (χ3v) is 6.29. The molecule has 8 heteroatoms. The predicted octanol–water partition coefficient (Wildman–Crippen LogP) is 3.08. The van der Waals surface area contributed by atoms with E-state index in [1.54, 1.807) is 0 Å². The fourth-order valence-electron chi connectivity index (χ4n) is 3.31. The topological polar surface area (TPSA) is 54.7 Å². The van der Waals surface area contributed by atoms with Gasteiger partial charge >= 0.3 is 0 Å². The number of nitrogens with zero attached hydrogens (tertiary/aromatic N) is 4. The molecule has 0 aromatic carbocycles. The molecule has 0 unspecified atom stereocenters. The van der Waals surface area contributed by atoms with Gasteiger partial charge in [-0.3, -0.25) is 9.67 Å². The fourth-order valence-corrected chi connectivity index (χ4v) is 4.11. The number of thioether (sulfide) groups is 1. The van der Waals surface area contributed by atoms with Gasteiger partial charge in [-0.15, -0.1) is 24.0 Å². The molecule has 2 rings (SSSR count). The Hall–Kier alpha value is -0.480. The van der Waals surface area contributed by atoms with Crippen LogP contribution < -0.4 is 5.32 Å². The molecule has 6 nitrogen and oxygen atoms in total. The Morgan fingerprint density at radius 2 is 2.12 bits per heavy atom. The predicted molar refractivity (Wildman–Crippen MR) is 122 cm³/mol. The number of aromatic nitrogens is 2. The lowest BCUT2D eigenvalue weighted by atomic mass is 9.99. The van der Waals surface area contributed by atoms with Crippen LogP contribution in [0.5, 0.6) is 0 Å². The molecule has 1 saturated heterocycles. The second-order valence-electron chi connectivity index (χ2n) is 7.12. The van der Waals surface area contributed by atoms with Crippen LogP contribution in [-0.4, -0.2) is 65.5 Å². The van der Waals surface area contributed by atoms with Crippen LogP contribution in [-0.2, 0) is 18.3 Å². The van der Waals surface area contributed by atoms with Gasteiger partial charge < -0.3 is 15.0 Å². The first kappa shape index (κ1) is 23.6. The van der Waals surface area contributed by atoms with E-state index in [0.29, 0.717) is 5.92 Å². The monoisotopic (exact) mass is 495 g/mol. The van der Waals surface area contributed by atoms with Crippen LogP contribution in [0.25, 0.3) is 0 Å². The molecule has 0 radical (unpaired) electrons. The summed E-state index contributed by atoms with van der Waals surface area (Å²) >= 11 is 1.94. The van der Waals surface area contributed by atoms with E-state index in [1.165, 1.54) is 5.56 Å². The number of hydrogen-bond donors (Lipinski definition) is 1. The van der Waals surface area contributed by atoms with Gasteiger partial charge in [-0.25, -0.2) is 0 Å². The highest BCUT2D eigenvalue weighted by Crippen LogP contribution is 2.33. The highest BCUT2D eigenvalue weighted by molar-refractivity contribution is 14.0.